The maximum Gasteiger partial charge on any atom is 0.196 e. The fourth-order valence-corrected chi connectivity index (χ4v) is 2.69. The summed E-state index contributed by atoms with van der Waals surface area (Å²) in [5.41, 5.74) is 0.914. The molecule has 3 nitrogen and oxygen atoms in total. The Morgan fingerprint density at radius 3 is 2.45 bits per heavy atom. The van der Waals surface area contributed by atoms with Crippen LogP contribution in [0.2, 0.25) is 5.02 Å². The van der Waals surface area contributed by atoms with Crippen molar-refractivity contribution in [1.29, 1.82) is 0 Å². The molecule has 0 unspecified atom stereocenters. The van der Waals surface area contributed by atoms with E-state index in [0.717, 1.165) is 4.47 Å². The SMILES string of the molecule is COc1ccc(OC)c(C(=O)c2cc(Cl)cc(Br)c2)c1. The molecule has 0 saturated heterocycles. The number of halogens is 2. The van der Waals surface area contributed by atoms with E-state index in [4.69, 9.17) is 21.1 Å². The molecule has 0 N–H and O–H groups in total. The second kappa shape index (κ2) is 6.29. The summed E-state index contributed by atoms with van der Waals surface area (Å²) in [6, 6.07) is 10.1. The third-order valence-corrected chi connectivity index (χ3v) is 3.45. The number of ketones is 1. The van der Waals surface area contributed by atoms with Crippen LogP contribution in [0.3, 0.4) is 0 Å². The van der Waals surface area contributed by atoms with Crippen molar-refractivity contribution in [3.63, 3.8) is 0 Å². The lowest BCUT2D eigenvalue weighted by Gasteiger charge is -2.10. The van der Waals surface area contributed by atoms with Gasteiger partial charge in [-0.05, 0) is 36.4 Å². The molecule has 0 fully saturated rings. The number of hydrogen-bond donors (Lipinski definition) is 0. The molecule has 0 heterocycles. The van der Waals surface area contributed by atoms with E-state index in [2.05, 4.69) is 15.9 Å². The predicted molar refractivity (Wildman–Crippen MR) is 82.1 cm³/mol. The largest absolute Gasteiger partial charge is 0.497 e. The highest BCUT2D eigenvalue weighted by Gasteiger charge is 2.16. The Labute approximate surface area is 130 Å². The van der Waals surface area contributed by atoms with Crippen LogP contribution in [0.5, 0.6) is 11.5 Å². The van der Waals surface area contributed by atoms with Gasteiger partial charge in [-0.15, -0.1) is 0 Å². The highest BCUT2D eigenvalue weighted by atomic mass is 79.9. The molecule has 20 heavy (non-hydrogen) atoms. The molecule has 0 aliphatic carbocycles. The maximum atomic E-state index is 12.6. The summed E-state index contributed by atoms with van der Waals surface area (Å²) in [5.74, 6) is 0.908. The molecule has 0 atom stereocenters. The summed E-state index contributed by atoms with van der Waals surface area (Å²) in [6.07, 6.45) is 0. The molecule has 0 saturated carbocycles. The maximum absolute atomic E-state index is 12.6. The Morgan fingerprint density at radius 1 is 1.10 bits per heavy atom. The minimum atomic E-state index is -0.177. The van der Waals surface area contributed by atoms with Crippen molar-refractivity contribution < 1.29 is 14.3 Å². The third kappa shape index (κ3) is 3.14. The molecule has 0 aromatic heterocycles. The zero-order valence-corrected chi connectivity index (χ0v) is 13.3. The molecule has 0 amide bonds. The van der Waals surface area contributed by atoms with E-state index >= 15 is 0 Å². The fourth-order valence-electron chi connectivity index (χ4n) is 1.83. The number of methoxy groups -OCH3 is 2. The van der Waals surface area contributed by atoms with E-state index in [1.165, 1.54) is 7.11 Å². The smallest absolute Gasteiger partial charge is 0.196 e. The number of hydrogen-bond acceptors (Lipinski definition) is 3. The monoisotopic (exact) mass is 354 g/mol. The van der Waals surface area contributed by atoms with Gasteiger partial charge >= 0.3 is 0 Å². The van der Waals surface area contributed by atoms with E-state index in [9.17, 15) is 4.79 Å². The molecular weight excluding hydrogens is 344 g/mol. The summed E-state index contributed by atoms with van der Waals surface area (Å²) in [6.45, 7) is 0. The molecule has 0 bridgehead atoms. The average Bonchev–Trinajstić information content (AvgIpc) is 2.44. The Hall–Kier alpha value is -1.52. The number of carbonyl (C=O) groups excluding carboxylic acids is 1. The summed E-state index contributed by atoms with van der Waals surface area (Å²) < 4.78 is 11.1. The van der Waals surface area contributed by atoms with E-state index in [1.807, 2.05) is 0 Å². The van der Waals surface area contributed by atoms with E-state index < -0.39 is 0 Å². The Morgan fingerprint density at radius 2 is 1.85 bits per heavy atom. The summed E-state index contributed by atoms with van der Waals surface area (Å²) >= 11 is 9.30. The van der Waals surface area contributed by atoms with Gasteiger partial charge in [0.2, 0.25) is 0 Å². The number of ether oxygens (including phenoxy) is 2. The standard InChI is InChI=1S/C15H12BrClO3/c1-19-12-3-4-14(20-2)13(8-12)15(18)9-5-10(16)7-11(17)6-9/h3-8H,1-2H3. The van der Waals surface area contributed by atoms with Crippen molar-refractivity contribution in [2.75, 3.05) is 14.2 Å². The molecule has 0 radical (unpaired) electrons. The summed E-state index contributed by atoms with van der Waals surface area (Å²) in [5, 5.41) is 0.490. The van der Waals surface area contributed by atoms with E-state index in [-0.39, 0.29) is 5.78 Å². The zero-order valence-electron chi connectivity index (χ0n) is 10.9. The van der Waals surface area contributed by atoms with Crippen LogP contribution in [0.15, 0.2) is 40.9 Å². The van der Waals surface area contributed by atoms with Crippen LogP contribution in [0, 0.1) is 0 Å². The first-order valence-corrected chi connectivity index (χ1v) is 6.95. The van der Waals surface area contributed by atoms with Gasteiger partial charge < -0.3 is 9.47 Å². The molecule has 0 aliphatic rings. The van der Waals surface area contributed by atoms with Gasteiger partial charge in [0, 0.05) is 15.1 Å². The molecule has 2 aromatic rings. The predicted octanol–water partition coefficient (Wildman–Crippen LogP) is 4.35. The topological polar surface area (TPSA) is 35.5 Å². The molecule has 0 spiro atoms. The van der Waals surface area contributed by atoms with Gasteiger partial charge in [-0.3, -0.25) is 4.79 Å². The third-order valence-electron chi connectivity index (χ3n) is 2.78. The van der Waals surface area contributed by atoms with Crippen molar-refractivity contribution in [3.8, 4) is 11.5 Å². The van der Waals surface area contributed by atoms with Crippen LogP contribution in [0.25, 0.3) is 0 Å². The van der Waals surface area contributed by atoms with Crippen molar-refractivity contribution in [1.82, 2.24) is 0 Å². The van der Waals surface area contributed by atoms with E-state index in [0.29, 0.717) is 27.6 Å². The number of carbonyl (C=O) groups is 1. The van der Waals surface area contributed by atoms with Gasteiger partial charge in [-0.1, -0.05) is 27.5 Å². The number of rotatable bonds is 4. The quantitative estimate of drug-likeness (QED) is 0.765. The van der Waals surface area contributed by atoms with Crippen LogP contribution in [0.1, 0.15) is 15.9 Å². The van der Waals surface area contributed by atoms with Crippen LogP contribution in [0.4, 0.5) is 0 Å². The van der Waals surface area contributed by atoms with E-state index in [1.54, 1.807) is 43.5 Å². The van der Waals surface area contributed by atoms with Crippen LogP contribution in [-0.4, -0.2) is 20.0 Å². The lowest BCUT2D eigenvalue weighted by Crippen LogP contribution is -2.04. The van der Waals surface area contributed by atoms with Gasteiger partial charge in [0.05, 0.1) is 19.8 Å². The fraction of sp³-hybridized carbons (Fsp3) is 0.133. The average molecular weight is 356 g/mol. The summed E-state index contributed by atoms with van der Waals surface area (Å²) in [7, 11) is 3.07. The van der Waals surface area contributed by atoms with Crippen molar-refractivity contribution in [2.24, 2.45) is 0 Å². The minimum Gasteiger partial charge on any atom is -0.497 e. The Kier molecular flexibility index (Phi) is 4.68. The lowest BCUT2D eigenvalue weighted by atomic mass is 10.0. The van der Waals surface area contributed by atoms with Crippen molar-refractivity contribution in [3.05, 3.63) is 57.0 Å². The molecule has 104 valence electrons. The zero-order chi connectivity index (χ0) is 14.7. The van der Waals surface area contributed by atoms with Gasteiger partial charge in [0.25, 0.3) is 0 Å². The molecular formula is C15H12BrClO3. The first kappa shape index (κ1) is 14.9. The second-order valence-corrected chi connectivity index (χ2v) is 5.41. The molecule has 2 rings (SSSR count). The lowest BCUT2D eigenvalue weighted by molar-refractivity contribution is 0.103. The first-order chi connectivity index (χ1) is 9.55. The molecule has 0 aliphatic heterocycles. The van der Waals surface area contributed by atoms with Crippen LogP contribution >= 0.6 is 27.5 Å². The minimum absolute atomic E-state index is 0.177. The van der Waals surface area contributed by atoms with Crippen molar-refractivity contribution in [2.45, 2.75) is 0 Å². The Bertz CT molecular complexity index is 635. The first-order valence-electron chi connectivity index (χ1n) is 5.78. The number of benzene rings is 2. The summed E-state index contributed by atoms with van der Waals surface area (Å²) in [4.78, 5) is 12.6. The van der Waals surface area contributed by atoms with Gasteiger partial charge in [0.15, 0.2) is 5.78 Å². The second-order valence-electron chi connectivity index (χ2n) is 4.05. The van der Waals surface area contributed by atoms with Gasteiger partial charge in [0.1, 0.15) is 11.5 Å². The Balaban J connectivity index is 2.51. The van der Waals surface area contributed by atoms with Gasteiger partial charge in [-0.2, -0.15) is 0 Å². The van der Waals surface area contributed by atoms with Crippen LogP contribution in [-0.2, 0) is 0 Å². The highest BCUT2D eigenvalue weighted by Crippen LogP contribution is 2.28. The molecule has 5 heteroatoms. The highest BCUT2D eigenvalue weighted by molar-refractivity contribution is 9.10. The van der Waals surface area contributed by atoms with Crippen molar-refractivity contribution >= 4 is 33.3 Å². The molecule has 2 aromatic carbocycles. The van der Waals surface area contributed by atoms with Gasteiger partial charge in [-0.25, -0.2) is 0 Å². The van der Waals surface area contributed by atoms with Crippen LogP contribution < -0.4 is 9.47 Å². The normalized spacial score (nSPS) is 10.2.